The number of rotatable bonds is 0. The fraction of sp³-hybridized carbons (Fsp3) is 0.143. The van der Waals surface area contributed by atoms with Crippen molar-refractivity contribution in [3.63, 3.8) is 0 Å². The van der Waals surface area contributed by atoms with Gasteiger partial charge in [-0.15, -0.1) is 0 Å². The zero-order chi connectivity index (χ0) is 6.81. The second-order valence-corrected chi connectivity index (χ2v) is 2.06. The van der Waals surface area contributed by atoms with Crippen molar-refractivity contribution in [2.24, 2.45) is 9.98 Å². The van der Waals surface area contributed by atoms with Crippen LogP contribution >= 0.6 is 0 Å². The zero-order valence-electron chi connectivity index (χ0n) is 5.41. The minimum Gasteiger partial charge on any atom is -0.363 e. The van der Waals surface area contributed by atoms with Gasteiger partial charge in [-0.25, -0.2) is 9.98 Å². The summed E-state index contributed by atoms with van der Waals surface area (Å²) in [4.78, 5) is 8.21. The topological polar surface area (TPSA) is 36.8 Å². The minimum atomic E-state index is 0.659. The normalized spacial score (nSPS) is 20.8. The monoisotopic (exact) mass is 133 g/mol. The number of hydrogen-bond donors (Lipinski definition) is 1. The molecule has 0 atom stereocenters. The Labute approximate surface area is 58.9 Å². The summed E-state index contributed by atoms with van der Waals surface area (Å²) in [6, 6.07) is 0. The van der Waals surface area contributed by atoms with Crippen LogP contribution in [0.4, 0.5) is 0 Å². The maximum atomic E-state index is 4.12. The van der Waals surface area contributed by atoms with E-state index in [0.717, 1.165) is 11.5 Å². The van der Waals surface area contributed by atoms with Crippen LogP contribution in [0.25, 0.3) is 0 Å². The number of allylic oxidation sites excluding steroid dienone is 3. The van der Waals surface area contributed by atoms with Gasteiger partial charge in [-0.2, -0.15) is 0 Å². The molecule has 10 heavy (non-hydrogen) atoms. The molecule has 0 aromatic carbocycles. The molecule has 3 heteroatoms. The van der Waals surface area contributed by atoms with E-state index in [4.69, 9.17) is 0 Å². The highest BCUT2D eigenvalue weighted by Gasteiger charge is 2.09. The van der Waals surface area contributed by atoms with Crippen molar-refractivity contribution in [3.05, 3.63) is 23.9 Å². The molecule has 0 unspecified atom stereocenters. The maximum Gasteiger partial charge on any atom is 0.172 e. The number of nitrogens with one attached hydrogen (secondary N) is 1. The highest BCUT2D eigenvalue weighted by Crippen LogP contribution is 2.04. The van der Waals surface area contributed by atoms with E-state index in [-0.39, 0.29) is 0 Å². The average molecular weight is 133 g/mol. The standard InChI is InChI=1S/C7H7N3/c1-2-4-8-7-6(3-1)9-5-10-7/h1-4,9H,5H2. The molecule has 0 aliphatic carbocycles. The third-order valence-corrected chi connectivity index (χ3v) is 1.40. The largest absolute Gasteiger partial charge is 0.363 e. The number of fused-ring (bicyclic) bond motifs is 1. The molecule has 0 fully saturated rings. The van der Waals surface area contributed by atoms with Crippen molar-refractivity contribution < 1.29 is 0 Å². The average Bonchev–Trinajstić information content (AvgIpc) is 2.28. The number of hydrogen-bond acceptors (Lipinski definition) is 3. The zero-order valence-corrected chi connectivity index (χ0v) is 5.41. The SMILES string of the molecule is C1=CC=C2NCN=C2N=C1. The molecule has 50 valence electrons. The molecular formula is C7H7N3. The van der Waals surface area contributed by atoms with Crippen molar-refractivity contribution in [1.82, 2.24) is 5.32 Å². The Morgan fingerprint density at radius 1 is 1.40 bits per heavy atom. The van der Waals surface area contributed by atoms with Crippen LogP contribution in [-0.4, -0.2) is 18.7 Å². The van der Waals surface area contributed by atoms with Gasteiger partial charge in [-0.1, -0.05) is 6.08 Å². The van der Waals surface area contributed by atoms with E-state index in [2.05, 4.69) is 15.3 Å². The summed E-state index contributed by atoms with van der Waals surface area (Å²) in [5.41, 5.74) is 1.02. The van der Waals surface area contributed by atoms with Gasteiger partial charge in [0.1, 0.15) is 6.67 Å². The molecule has 2 aliphatic rings. The molecule has 2 rings (SSSR count). The summed E-state index contributed by atoms with van der Waals surface area (Å²) in [6.07, 6.45) is 7.54. The lowest BCUT2D eigenvalue weighted by atomic mass is 10.4. The second-order valence-electron chi connectivity index (χ2n) is 2.06. The van der Waals surface area contributed by atoms with Crippen molar-refractivity contribution in [2.45, 2.75) is 0 Å². The molecule has 0 radical (unpaired) electrons. The van der Waals surface area contributed by atoms with E-state index >= 15 is 0 Å². The molecule has 0 aromatic heterocycles. The highest BCUT2D eigenvalue weighted by molar-refractivity contribution is 6.05. The summed E-state index contributed by atoms with van der Waals surface area (Å²) in [7, 11) is 0. The van der Waals surface area contributed by atoms with Gasteiger partial charge in [0.2, 0.25) is 0 Å². The number of aliphatic imine (C=N–C) groups is 2. The molecule has 0 aromatic rings. The summed E-state index contributed by atoms with van der Waals surface area (Å²) >= 11 is 0. The third kappa shape index (κ3) is 0.757. The summed E-state index contributed by atoms with van der Waals surface area (Å²) < 4.78 is 0. The Bertz CT molecular complexity index is 258. The van der Waals surface area contributed by atoms with Crippen LogP contribution in [0.3, 0.4) is 0 Å². The fourth-order valence-corrected chi connectivity index (χ4v) is 0.923. The van der Waals surface area contributed by atoms with E-state index in [1.807, 2.05) is 18.2 Å². The van der Waals surface area contributed by atoms with E-state index in [1.165, 1.54) is 0 Å². The highest BCUT2D eigenvalue weighted by atomic mass is 15.1. The van der Waals surface area contributed by atoms with Gasteiger partial charge in [0, 0.05) is 6.21 Å². The Morgan fingerprint density at radius 2 is 2.40 bits per heavy atom. The first kappa shape index (κ1) is 5.41. The van der Waals surface area contributed by atoms with Gasteiger partial charge in [0.15, 0.2) is 5.84 Å². The van der Waals surface area contributed by atoms with E-state index in [9.17, 15) is 0 Å². The lowest BCUT2D eigenvalue weighted by Gasteiger charge is -1.93. The molecule has 3 nitrogen and oxygen atoms in total. The third-order valence-electron chi connectivity index (χ3n) is 1.40. The number of amidine groups is 1. The van der Waals surface area contributed by atoms with Gasteiger partial charge >= 0.3 is 0 Å². The van der Waals surface area contributed by atoms with Crippen LogP contribution in [0.1, 0.15) is 0 Å². The van der Waals surface area contributed by atoms with Crippen LogP contribution in [0, 0.1) is 0 Å². The molecule has 0 bridgehead atoms. The lowest BCUT2D eigenvalue weighted by molar-refractivity contribution is 0.909. The Hall–Kier alpha value is -1.38. The molecule has 1 N–H and O–H groups in total. The second kappa shape index (κ2) is 2.10. The molecular weight excluding hydrogens is 126 g/mol. The predicted octanol–water partition coefficient (Wildman–Crippen LogP) is 0.470. The van der Waals surface area contributed by atoms with E-state index < -0.39 is 0 Å². The summed E-state index contributed by atoms with van der Waals surface area (Å²) in [5.74, 6) is 0.810. The van der Waals surface area contributed by atoms with Gasteiger partial charge in [-0.05, 0) is 12.2 Å². The minimum absolute atomic E-state index is 0.659. The first-order valence-corrected chi connectivity index (χ1v) is 3.16. The van der Waals surface area contributed by atoms with Crippen LogP contribution in [0.15, 0.2) is 33.9 Å². The van der Waals surface area contributed by atoms with E-state index in [1.54, 1.807) is 6.21 Å². The van der Waals surface area contributed by atoms with Crippen LogP contribution < -0.4 is 5.32 Å². The first-order chi connectivity index (χ1) is 4.97. The molecule has 0 spiro atoms. The van der Waals surface area contributed by atoms with Crippen molar-refractivity contribution in [3.8, 4) is 0 Å². The molecule has 0 amide bonds. The Kier molecular flexibility index (Phi) is 1.13. The van der Waals surface area contributed by atoms with Crippen LogP contribution in [-0.2, 0) is 0 Å². The Morgan fingerprint density at radius 3 is 3.40 bits per heavy atom. The Balaban J connectivity index is 2.42. The quantitative estimate of drug-likeness (QED) is 0.512. The van der Waals surface area contributed by atoms with E-state index in [0.29, 0.717) is 6.67 Å². The lowest BCUT2D eigenvalue weighted by Crippen LogP contribution is -2.08. The molecule has 0 saturated carbocycles. The van der Waals surface area contributed by atoms with Gasteiger partial charge in [0.05, 0.1) is 5.70 Å². The molecule has 2 heterocycles. The molecule has 0 saturated heterocycles. The van der Waals surface area contributed by atoms with Crippen molar-refractivity contribution >= 4 is 12.1 Å². The van der Waals surface area contributed by atoms with Crippen LogP contribution in [0.2, 0.25) is 0 Å². The van der Waals surface area contributed by atoms with Crippen LogP contribution in [0.5, 0.6) is 0 Å². The van der Waals surface area contributed by atoms with Gasteiger partial charge in [0.25, 0.3) is 0 Å². The smallest absolute Gasteiger partial charge is 0.172 e. The van der Waals surface area contributed by atoms with Crippen molar-refractivity contribution in [1.29, 1.82) is 0 Å². The predicted molar refractivity (Wildman–Crippen MR) is 41.2 cm³/mol. The fourth-order valence-electron chi connectivity index (χ4n) is 0.923. The summed E-state index contributed by atoms with van der Waals surface area (Å²) in [5, 5.41) is 3.09. The maximum absolute atomic E-state index is 4.12. The summed E-state index contributed by atoms with van der Waals surface area (Å²) in [6.45, 7) is 0.659. The number of nitrogens with zero attached hydrogens (tertiary/aromatic N) is 2. The van der Waals surface area contributed by atoms with Crippen molar-refractivity contribution in [2.75, 3.05) is 6.67 Å². The van der Waals surface area contributed by atoms with Gasteiger partial charge < -0.3 is 5.32 Å². The van der Waals surface area contributed by atoms with Gasteiger partial charge in [-0.3, -0.25) is 0 Å². The molecule has 2 aliphatic heterocycles. The first-order valence-electron chi connectivity index (χ1n) is 3.16.